The lowest BCUT2D eigenvalue weighted by molar-refractivity contribution is 0.174. The fraction of sp³-hybridized carbons (Fsp3) is 0.400. The summed E-state index contributed by atoms with van der Waals surface area (Å²) in [6.45, 7) is 0.456. The van der Waals surface area contributed by atoms with Crippen LogP contribution in [0.2, 0.25) is 0 Å². The third kappa shape index (κ3) is 3.99. The largest absolute Gasteiger partial charge is 0.493 e. The Kier molecular flexibility index (Phi) is 5.66. The second-order valence-electron chi connectivity index (χ2n) is 5.99. The number of hydrogen-bond donors (Lipinski definition) is 1. The minimum Gasteiger partial charge on any atom is -0.493 e. The summed E-state index contributed by atoms with van der Waals surface area (Å²) >= 11 is 0. The SMILES string of the molecule is COc1ccc(CCc2cc3c(cc2CCCO)OCO3)cc1OC. The standard InChI is InChI=1S/C20H24O5/c1-22-17-8-6-14(10-18(17)23-2)5-7-16-12-20-19(24-13-25-20)11-15(16)4-3-9-21/h6,8,10-12,21H,3-5,7,9,13H2,1-2H3. The number of aliphatic hydroxyl groups excluding tert-OH is 1. The van der Waals surface area contributed by atoms with Gasteiger partial charge in [0.1, 0.15) is 0 Å². The van der Waals surface area contributed by atoms with Gasteiger partial charge in [0.15, 0.2) is 23.0 Å². The van der Waals surface area contributed by atoms with E-state index in [2.05, 4.69) is 12.1 Å². The molecule has 0 atom stereocenters. The summed E-state index contributed by atoms with van der Waals surface area (Å²) in [5.74, 6) is 3.07. The highest BCUT2D eigenvalue weighted by Gasteiger charge is 2.17. The van der Waals surface area contributed by atoms with Crippen LogP contribution in [0, 0.1) is 0 Å². The molecular formula is C20H24O5. The van der Waals surface area contributed by atoms with Crippen LogP contribution in [-0.4, -0.2) is 32.7 Å². The monoisotopic (exact) mass is 344 g/mol. The van der Waals surface area contributed by atoms with Crippen molar-refractivity contribution >= 4 is 0 Å². The van der Waals surface area contributed by atoms with Crippen LogP contribution in [0.15, 0.2) is 30.3 Å². The van der Waals surface area contributed by atoms with Crippen LogP contribution in [0.5, 0.6) is 23.0 Å². The average molecular weight is 344 g/mol. The molecule has 1 aliphatic rings. The quantitative estimate of drug-likeness (QED) is 0.797. The molecule has 0 aromatic heterocycles. The third-order valence-electron chi connectivity index (χ3n) is 4.43. The van der Waals surface area contributed by atoms with Gasteiger partial charge in [-0.25, -0.2) is 0 Å². The van der Waals surface area contributed by atoms with Crippen LogP contribution in [-0.2, 0) is 19.3 Å². The zero-order chi connectivity index (χ0) is 17.6. The normalized spacial score (nSPS) is 12.3. The number of rotatable bonds is 8. The highest BCUT2D eigenvalue weighted by atomic mass is 16.7. The summed E-state index contributed by atoms with van der Waals surface area (Å²) in [6, 6.07) is 10.1. The van der Waals surface area contributed by atoms with Crippen LogP contribution in [0.25, 0.3) is 0 Å². The van der Waals surface area contributed by atoms with Crippen molar-refractivity contribution < 1.29 is 24.1 Å². The van der Waals surface area contributed by atoms with E-state index in [9.17, 15) is 0 Å². The van der Waals surface area contributed by atoms with Gasteiger partial charge in [0.25, 0.3) is 0 Å². The van der Waals surface area contributed by atoms with Gasteiger partial charge in [0, 0.05) is 6.61 Å². The molecular weight excluding hydrogens is 320 g/mol. The molecule has 1 heterocycles. The Morgan fingerprint density at radius 3 is 2.20 bits per heavy atom. The number of aryl methyl sites for hydroxylation is 3. The lowest BCUT2D eigenvalue weighted by atomic mass is 9.96. The van der Waals surface area contributed by atoms with Crippen molar-refractivity contribution in [3.63, 3.8) is 0 Å². The average Bonchev–Trinajstić information content (AvgIpc) is 3.11. The molecule has 0 saturated heterocycles. The number of hydrogen-bond acceptors (Lipinski definition) is 5. The Morgan fingerprint density at radius 1 is 0.880 bits per heavy atom. The Bertz CT molecular complexity index is 726. The van der Waals surface area contributed by atoms with Crippen molar-refractivity contribution in [1.82, 2.24) is 0 Å². The Morgan fingerprint density at radius 2 is 1.56 bits per heavy atom. The molecule has 0 aliphatic carbocycles. The third-order valence-corrected chi connectivity index (χ3v) is 4.43. The first kappa shape index (κ1) is 17.4. The van der Waals surface area contributed by atoms with E-state index in [1.807, 2.05) is 18.2 Å². The maximum absolute atomic E-state index is 9.15. The topological polar surface area (TPSA) is 57.2 Å². The van der Waals surface area contributed by atoms with Crippen molar-refractivity contribution in [2.75, 3.05) is 27.6 Å². The maximum Gasteiger partial charge on any atom is 0.231 e. The van der Waals surface area contributed by atoms with Gasteiger partial charge in [-0.2, -0.15) is 0 Å². The van der Waals surface area contributed by atoms with E-state index < -0.39 is 0 Å². The molecule has 134 valence electrons. The zero-order valence-electron chi connectivity index (χ0n) is 14.7. The molecule has 1 N–H and O–H groups in total. The molecule has 5 nitrogen and oxygen atoms in total. The lowest BCUT2D eigenvalue weighted by Gasteiger charge is -2.12. The summed E-state index contributed by atoms with van der Waals surface area (Å²) in [7, 11) is 3.28. The second-order valence-corrected chi connectivity index (χ2v) is 5.99. The molecule has 0 bridgehead atoms. The van der Waals surface area contributed by atoms with E-state index in [-0.39, 0.29) is 13.4 Å². The molecule has 2 aromatic rings. The molecule has 5 heteroatoms. The highest BCUT2D eigenvalue weighted by Crippen LogP contribution is 2.36. The molecule has 0 unspecified atom stereocenters. The van der Waals surface area contributed by atoms with E-state index in [4.69, 9.17) is 24.1 Å². The van der Waals surface area contributed by atoms with Crippen LogP contribution in [0.4, 0.5) is 0 Å². The summed E-state index contributed by atoms with van der Waals surface area (Å²) in [6.07, 6.45) is 3.33. The van der Waals surface area contributed by atoms with E-state index >= 15 is 0 Å². The minimum absolute atomic E-state index is 0.184. The summed E-state index contributed by atoms with van der Waals surface area (Å²) in [5, 5.41) is 9.15. The Hall–Kier alpha value is -2.40. The van der Waals surface area contributed by atoms with Crippen LogP contribution < -0.4 is 18.9 Å². The van der Waals surface area contributed by atoms with E-state index in [1.165, 1.54) is 16.7 Å². The molecule has 0 radical (unpaired) electrons. The van der Waals surface area contributed by atoms with Crippen LogP contribution >= 0.6 is 0 Å². The van der Waals surface area contributed by atoms with E-state index in [1.54, 1.807) is 14.2 Å². The fourth-order valence-corrected chi connectivity index (χ4v) is 3.08. The molecule has 25 heavy (non-hydrogen) atoms. The van der Waals surface area contributed by atoms with E-state index in [0.29, 0.717) is 0 Å². The number of fused-ring (bicyclic) bond motifs is 1. The number of benzene rings is 2. The summed E-state index contributed by atoms with van der Waals surface area (Å²) < 4.78 is 21.7. The van der Waals surface area contributed by atoms with Gasteiger partial charge in [-0.1, -0.05) is 6.07 Å². The predicted molar refractivity (Wildman–Crippen MR) is 94.9 cm³/mol. The van der Waals surface area contributed by atoms with E-state index in [0.717, 1.165) is 48.7 Å². The molecule has 0 amide bonds. The summed E-state index contributed by atoms with van der Waals surface area (Å²) in [5.41, 5.74) is 3.62. The van der Waals surface area contributed by atoms with Crippen LogP contribution in [0.1, 0.15) is 23.1 Å². The highest BCUT2D eigenvalue weighted by molar-refractivity contribution is 5.49. The van der Waals surface area contributed by atoms with Gasteiger partial charge in [-0.05, 0) is 66.6 Å². The Balaban J connectivity index is 1.78. The van der Waals surface area contributed by atoms with Crippen molar-refractivity contribution in [3.8, 4) is 23.0 Å². The van der Waals surface area contributed by atoms with Crippen molar-refractivity contribution in [1.29, 1.82) is 0 Å². The first-order valence-electron chi connectivity index (χ1n) is 8.48. The van der Waals surface area contributed by atoms with Gasteiger partial charge in [0.2, 0.25) is 6.79 Å². The van der Waals surface area contributed by atoms with Crippen molar-refractivity contribution in [3.05, 3.63) is 47.0 Å². The van der Waals surface area contributed by atoms with Gasteiger partial charge < -0.3 is 24.1 Å². The first-order valence-corrected chi connectivity index (χ1v) is 8.48. The van der Waals surface area contributed by atoms with Gasteiger partial charge in [-0.15, -0.1) is 0 Å². The lowest BCUT2D eigenvalue weighted by Crippen LogP contribution is -2.00. The molecule has 0 spiro atoms. The van der Waals surface area contributed by atoms with Gasteiger partial charge in [-0.3, -0.25) is 0 Å². The molecule has 1 aliphatic heterocycles. The smallest absolute Gasteiger partial charge is 0.231 e. The second kappa shape index (κ2) is 8.12. The number of aliphatic hydroxyl groups is 1. The Labute approximate surface area is 148 Å². The molecule has 3 rings (SSSR count). The predicted octanol–water partition coefficient (Wildman–Crippen LogP) is 3.14. The van der Waals surface area contributed by atoms with Crippen molar-refractivity contribution in [2.45, 2.75) is 25.7 Å². The van der Waals surface area contributed by atoms with Gasteiger partial charge >= 0.3 is 0 Å². The minimum atomic E-state index is 0.184. The summed E-state index contributed by atoms with van der Waals surface area (Å²) in [4.78, 5) is 0. The zero-order valence-corrected chi connectivity index (χ0v) is 14.7. The van der Waals surface area contributed by atoms with Crippen molar-refractivity contribution in [2.24, 2.45) is 0 Å². The maximum atomic E-state index is 9.15. The number of ether oxygens (including phenoxy) is 4. The molecule has 2 aromatic carbocycles. The van der Waals surface area contributed by atoms with Crippen LogP contribution in [0.3, 0.4) is 0 Å². The van der Waals surface area contributed by atoms with Gasteiger partial charge in [0.05, 0.1) is 14.2 Å². The fourth-order valence-electron chi connectivity index (χ4n) is 3.08. The first-order chi connectivity index (χ1) is 12.2. The number of methoxy groups -OCH3 is 2. The molecule has 0 fully saturated rings. The molecule has 0 saturated carbocycles.